The topological polar surface area (TPSA) is 71.4 Å². The second-order valence-corrected chi connectivity index (χ2v) is 8.55. The van der Waals surface area contributed by atoms with Gasteiger partial charge in [-0.05, 0) is 42.4 Å². The predicted molar refractivity (Wildman–Crippen MR) is 60.4 cm³/mol. The highest BCUT2D eigenvalue weighted by atomic mass is 33.1. The first-order chi connectivity index (χ1) is 6.88. The molecule has 1 saturated carbocycles. The molecule has 0 unspecified atom stereocenters. The monoisotopic (exact) mass is 252 g/mol. The Labute approximate surface area is 93.8 Å². The van der Waals surface area contributed by atoms with Crippen LogP contribution in [0, 0.1) is 11.8 Å². The van der Waals surface area contributed by atoms with E-state index in [1.807, 2.05) is 0 Å². The molecule has 0 amide bonds. The predicted octanol–water partition coefficient (Wildman–Crippen LogP) is 1.57. The third-order valence-corrected chi connectivity index (χ3v) is 5.44. The van der Waals surface area contributed by atoms with E-state index in [9.17, 15) is 13.2 Å². The molecule has 15 heavy (non-hydrogen) atoms. The Kier molecular flexibility index (Phi) is 4.45. The molecule has 1 aliphatic carbocycles. The molecule has 0 aromatic heterocycles. The molecular weight excluding hydrogens is 236 g/mol. The largest absolute Gasteiger partial charge is 0.481 e. The number of rotatable bonds is 4. The Morgan fingerprint density at radius 3 is 2.27 bits per heavy atom. The fourth-order valence-corrected chi connectivity index (χ4v) is 3.89. The van der Waals surface area contributed by atoms with Crippen LogP contribution in [0.2, 0.25) is 0 Å². The van der Waals surface area contributed by atoms with Crippen LogP contribution in [0.4, 0.5) is 0 Å². The molecule has 1 N–H and O–H groups in total. The Bertz CT molecular complexity index is 315. The van der Waals surface area contributed by atoms with E-state index >= 15 is 0 Å². The van der Waals surface area contributed by atoms with Gasteiger partial charge >= 0.3 is 5.97 Å². The van der Waals surface area contributed by atoms with Gasteiger partial charge in [0.05, 0.1) is 5.92 Å². The standard InChI is InChI=1S/C9H16O4S2/c1-15(12,13)14-6-7-2-4-8(5-3-7)9(10)11/h7-8H,2-6H2,1H3,(H,10,11). The molecule has 4 nitrogen and oxygen atoms in total. The van der Waals surface area contributed by atoms with E-state index in [1.54, 1.807) is 0 Å². The minimum absolute atomic E-state index is 0.218. The van der Waals surface area contributed by atoms with Crippen molar-refractivity contribution in [3.05, 3.63) is 0 Å². The Morgan fingerprint density at radius 1 is 1.33 bits per heavy atom. The average molecular weight is 252 g/mol. The summed E-state index contributed by atoms with van der Waals surface area (Å²) in [5.74, 6) is 0.0274. The van der Waals surface area contributed by atoms with Gasteiger partial charge in [0.2, 0.25) is 0 Å². The van der Waals surface area contributed by atoms with E-state index in [2.05, 4.69) is 0 Å². The van der Waals surface area contributed by atoms with Gasteiger partial charge in [-0.25, -0.2) is 8.42 Å². The third kappa shape index (κ3) is 4.88. The maximum absolute atomic E-state index is 10.9. The van der Waals surface area contributed by atoms with Crippen LogP contribution in [0.15, 0.2) is 0 Å². The van der Waals surface area contributed by atoms with E-state index in [0.29, 0.717) is 24.5 Å². The van der Waals surface area contributed by atoms with Crippen LogP contribution < -0.4 is 0 Å². The summed E-state index contributed by atoms with van der Waals surface area (Å²) < 4.78 is 21.8. The van der Waals surface area contributed by atoms with Crippen LogP contribution in [0.1, 0.15) is 25.7 Å². The van der Waals surface area contributed by atoms with Crippen molar-refractivity contribution < 1.29 is 18.3 Å². The summed E-state index contributed by atoms with van der Waals surface area (Å²) in [5, 5.41) is 8.78. The SMILES string of the molecule is CS(=O)(=O)SCC1CCC(C(=O)O)CC1. The lowest BCUT2D eigenvalue weighted by molar-refractivity contribution is -0.143. The second kappa shape index (κ2) is 5.21. The van der Waals surface area contributed by atoms with Crippen molar-refractivity contribution in [2.24, 2.45) is 11.8 Å². The molecule has 0 saturated heterocycles. The number of carbonyl (C=O) groups is 1. The summed E-state index contributed by atoms with van der Waals surface area (Å²) in [6.07, 6.45) is 4.24. The molecule has 88 valence electrons. The van der Waals surface area contributed by atoms with E-state index in [4.69, 9.17) is 5.11 Å². The molecule has 0 bridgehead atoms. The summed E-state index contributed by atoms with van der Waals surface area (Å²) in [4.78, 5) is 10.7. The Hall–Kier alpha value is -0.230. The fraction of sp³-hybridized carbons (Fsp3) is 0.889. The summed E-state index contributed by atoms with van der Waals surface area (Å²) in [6.45, 7) is 0. The van der Waals surface area contributed by atoms with Crippen molar-refractivity contribution in [3.63, 3.8) is 0 Å². The van der Waals surface area contributed by atoms with Crippen LogP contribution in [0.25, 0.3) is 0 Å². The maximum atomic E-state index is 10.9. The van der Waals surface area contributed by atoms with Gasteiger partial charge in [-0.3, -0.25) is 4.79 Å². The van der Waals surface area contributed by atoms with Gasteiger partial charge in [0.25, 0.3) is 0 Å². The normalized spacial score (nSPS) is 27.5. The van der Waals surface area contributed by atoms with Gasteiger partial charge in [0.1, 0.15) is 0 Å². The molecule has 0 aromatic carbocycles. The van der Waals surface area contributed by atoms with Gasteiger partial charge in [0.15, 0.2) is 8.87 Å². The molecule has 0 aromatic rings. The minimum Gasteiger partial charge on any atom is -0.481 e. The zero-order valence-corrected chi connectivity index (χ0v) is 10.3. The Morgan fingerprint density at radius 2 is 1.87 bits per heavy atom. The summed E-state index contributed by atoms with van der Waals surface area (Å²) in [7, 11) is -1.98. The van der Waals surface area contributed by atoms with Crippen LogP contribution in [0.3, 0.4) is 0 Å². The molecule has 0 aliphatic heterocycles. The van der Waals surface area contributed by atoms with E-state index in [1.165, 1.54) is 6.26 Å². The van der Waals surface area contributed by atoms with E-state index < -0.39 is 14.8 Å². The van der Waals surface area contributed by atoms with Gasteiger partial charge in [-0.15, -0.1) is 0 Å². The third-order valence-electron chi connectivity index (χ3n) is 2.71. The molecule has 1 rings (SSSR count). The molecule has 0 radical (unpaired) electrons. The molecule has 6 heteroatoms. The molecule has 0 atom stereocenters. The van der Waals surface area contributed by atoms with Crippen molar-refractivity contribution in [3.8, 4) is 0 Å². The fourth-order valence-electron chi connectivity index (χ4n) is 1.80. The van der Waals surface area contributed by atoms with Crippen molar-refractivity contribution >= 4 is 25.6 Å². The van der Waals surface area contributed by atoms with Crippen LogP contribution in [0.5, 0.6) is 0 Å². The summed E-state index contributed by atoms with van der Waals surface area (Å²) >= 11 is 0. The van der Waals surface area contributed by atoms with E-state index in [0.717, 1.165) is 23.6 Å². The quantitative estimate of drug-likeness (QED) is 0.769. The van der Waals surface area contributed by atoms with Crippen LogP contribution in [-0.4, -0.2) is 31.5 Å². The number of carboxylic acid groups (broad SMARTS) is 1. The number of hydrogen-bond donors (Lipinski definition) is 1. The highest BCUT2D eigenvalue weighted by Gasteiger charge is 2.26. The zero-order valence-electron chi connectivity index (χ0n) is 8.68. The first-order valence-electron chi connectivity index (χ1n) is 4.95. The maximum Gasteiger partial charge on any atom is 0.306 e. The lowest BCUT2D eigenvalue weighted by Gasteiger charge is -2.25. The highest BCUT2D eigenvalue weighted by Crippen LogP contribution is 2.31. The summed E-state index contributed by atoms with van der Waals surface area (Å²) in [5.41, 5.74) is 0. The average Bonchev–Trinajstić information content (AvgIpc) is 2.14. The van der Waals surface area contributed by atoms with Crippen molar-refractivity contribution in [2.75, 3.05) is 12.0 Å². The first kappa shape index (κ1) is 12.8. The number of hydrogen-bond acceptors (Lipinski definition) is 4. The van der Waals surface area contributed by atoms with Crippen molar-refractivity contribution in [2.45, 2.75) is 25.7 Å². The first-order valence-corrected chi connectivity index (χ1v) is 8.35. The van der Waals surface area contributed by atoms with Crippen molar-refractivity contribution in [1.82, 2.24) is 0 Å². The van der Waals surface area contributed by atoms with Crippen molar-refractivity contribution in [1.29, 1.82) is 0 Å². The number of carboxylic acids is 1. The van der Waals surface area contributed by atoms with Gasteiger partial charge in [-0.1, -0.05) is 0 Å². The zero-order chi connectivity index (χ0) is 11.5. The molecule has 1 aliphatic rings. The Balaban J connectivity index is 2.29. The van der Waals surface area contributed by atoms with Gasteiger partial charge < -0.3 is 5.11 Å². The molecule has 0 spiro atoms. The van der Waals surface area contributed by atoms with Crippen LogP contribution >= 0.6 is 10.8 Å². The minimum atomic E-state index is -2.95. The van der Waals surface area contributed by atoms with E-state index in [-0.39, 0.29) is 5.92 Å². The molecule has 1 fully saturated rings. The smallest absolute Gasteiger partial charge is 0.306 e. The van der Waals surface area contributed by atoms with Gasteiger partial charge in [-0.2, -0.15) is 0 Å². The van der Waals surface area contributed by atoms with Crippen LogP contribution in [-0.2, 0) is 13.7 Å². The second-order valence-electron chi connectivity index (χ2n) is 4.04. The lowest BCUT2D eigenvalue weighted by atomic mass is 9.83. The summed E-state index contributed by atoms with van der Waals surface area (Å²) in [6, 6.07) is 0. The molecular formula is C9H16O4S2. The highest BCUT2D eigenvalue weighted by molar-refractivity contribution is 8.71. The molecule has 0 heterocycles. The van der Waals surface area contributed by atoms with Gasteiger partial charge in [0, 0.05) is 12.0 Å². The lowest BCUT2D eigenvalue weighted by Crippen LogP contribution is -2.22. The number of aliphatic carboxylic acids is 1.